The predicted octanol–water partition coefficient (Wildman–Crippen LogP) is 5.27. The summed E-state index contributed by atoms with van der Waals surface area (Å²) >= 11 is 0. The number of aromatic nitrogens is 2. The monoisotopic (exact) mass is 417 g/mol. The Balaban J connectivity index is 1.24. The van der Waals surface area contributed by atoms with E-state index in [-0.39, 0.29) is 5.91 Å². The third-order valence-corrected chi connectivity index (χ3v) is 6.19. The molecule has 0 spiro atoms. The topological polar surface area (TPSA) is 59.2 Å². The van der Waals surface area contributed by atoms with Crippen molar-refractivity contribution in [3.8, 4) is 11.4 Å². The van der Waals surface area contributed by atoms with Gasteiger partial charge in [0.25, 0.3) is 0 Å². The van der Waals surface area contributed by atoms with Gasteiger partial charge in [-0.25, -0.2) is 0 Å². The highest BCUT2D eigenvalue weighted by atomic mass is 16.5. The highest BCUT2D eigenvalue weighted by molar-refractivity contribution is 5.76. The van der Waals surface area contributed by atoms with Gasteiger partial charge in [0, 0.05) is 31.5 Å². The highest BCUT2D eigenvalue weighted by Gasteiger charge is 2.23. The van der Waals surface area contributed by atoms with Crippen LogP contribution in [0.1, 0.15) is 56.0 Å². The van der Waals surface area contributed by atoms with Crippen LogP contribution >= 0.6 is 0 Å². The Morgan fingerprint density at radius 1 is 1.06 bits per heavy atom. The average molecular weight is 418 g/mol. The summed E-state index contributed by atoms with van der Waals surface area (Å²) < 4.78 is 5.39. The first-order valence-corrected chi connectivity index (χ1v) is 11.3. The van der Waals surface area contributed by atoms with Crippen molar-refractivity contribution in [1.29, 1.82) is 0 Å². The van der Waals surface area contributed by atoms with E-state index in [0.717, 1.165) is 37.9 Å². The van der Waals surface area contributed by atoms with E-state index in [9.17, 15) is 4.79 Å². The molecule has 1 fully saturated rings. The zero-order valence-electron chi connectivity index (χ0n) is 18.5. The van der Waals surface area contributed by atoms with Crippen LogP contribution in [0.25, 0.3) is 11.4 Å². The van der Waals surface area contributed by atoms with Crippen molar-refractivity contribution in [3.05, 3.63) is 71.6 Å². The molecule has 0 unspecified atom stereocenters. The molecular formula is C26H31N3O2. The van der Waals surface area contributed by atoms with Crippen LogP contribution in [0.5, 0.6) is 0 Å². The minimum atomic E-state index is 0.180. The number of amides is 1. The van der Waals surface area contributed by atoms with Gasteiger partial charge in [0.1, 0.15) is 0 Å². The maximum absolute atomic E-state index is 12.7. The van der Waals surface area contributed by atoms with Crippen molar-refractivity contribution in [1.82, 2.24) is 15.0 Å². The molecule has 1 aliphatic heterocycles. The van der Waals surface area contributed by atoms with Crippen molar-refractivity contribution >= 4 is 5.91 Å². The molecule has 1 aliphatic rings. The van der Waals surface area contributed by atoms with E-state index in [1.54, 1.807) is 0 Å². The van der Waals surface area contributed by atoms with E-state index in [0.29, 0.717) is 36.4 Å². The molecule has 31 heavy (non-hydrogen) atoms. The van der Waals surface area contributed by atoms with Crippen LogP contribution in [0.4, 0.5) is 0 Å². The molecular weight excluding hydrogens is 386 g/mol. The van der Waals surface area contributed by atoms with Crippen LogP contribution in [0.2, 0.25) is 0 Å². The summed E-state index contributed by atoms with van der Waals surface area (Å²) in [5.74, 6) is 2.44. The number of piperidine rings is 1. The average Bonchev–Trinajstić information content (AvgIpc) is 3.28. The minimum Gasteiger partial charge on any atom is -0.343 e. The van der Waals surface area contributed by atoms with Gasteiger partial charge in [0.05, 0.1) is 0 Å². The number of nitrogens with zero attached hydrogens (tertiary/aromatic N) is 3. The zero-order valence-corrected chi connectivity index (χ0v) is 18.5. The van der Waals surface area contributed by atoms with E-state index in [1.165, 1.54) is 11.1 Å². The number of aryl methyl sites for hydroxylation is 1. The second-order valence-electron chi connectivity index (χ2n) is 8.80. The van der Waals surface area contributed by atoms with Gasteiger partial charge in [-0.2, -0.15) is 4.98 Å². The third-order valence-electron chi connectivity index (χ3n) is 6.19. The van der Waals surface area contributed by atoms with Gasteiger partial charge in [-0.3, -0.25) is 4.79 Å². The molecule has 0 atom stereocenters. The van der Waals surface area contributed by atoms with Crippen LogP contribution in [0.3, 0.4) is 0 Å². The standard InChI is InChI=1S/C26H31N3O2/c1-19(2)22-8-10-23(11-9-22)26-27-24(31-28-26)12-13-25(30)29-16-14-21(15-17-29)18-20-6-4-3-5-7-20/h3-11,19,21H,12-18H2,1-2H3. The fraction of sp³-hybridized carbons (Fsp3) is 0.423. The van der Waals surface area contributed by atoms with Crippen LogP contribution < -0.4 is 0 Å². The lowest BCUT2D eigenvalue weighted by atomic mass is 9.90. The lowest BCUT2D eigenvalue weighted by Crippen LogP contribution is -2.39. The summed E-state index contributed by atoms with van der Waals surface area (Å²) in [6.45, 7) is 6.02. The molecule has 0 radical (unpaired) electrons. The summed E-state index contributed by atoms with van der Waals surface area (Å²) in [5, 5.41) is 4.09. The zero-order chi connectivity index (χ0) is 21.6. The Morgan fingerprint density at radius 2 is 1.77 bits per heavy atom. The molecule has 3 aromatic rings. The fourth-order valence-corrected chi connectivity index (χ4v) is 4.20. The quantitative estimate of drug-likeness (QED) is 0.525. The van der Waals surface area contributed by atoms with Crippen LogP contribution in [-0.4, -0.2) is 34.0 Å². The Hall–Kier alpha value is -2.95. The molecule has 0 saturated carbocycles. The number of hydrogen-bond donors (Lipinski definition) is 0. The smallest absolute Gasteiger partial charge is 0.227 e. The van der Waals surface area contributed by atoms with Gasteiger partial charge in [-0.15, -0.1) is 0 Å². The molecule has 0 N–H and O–H groups in total. The highest BCUT2D eigenvalue weighted by Crippen LogP contribution is 2.23. The maximum Gasteiger partial charge on any atom is 0.227 e. The largest absolute Gasteiger partial charge is 0.343 e. The third kappa shape index (κ3) is 5.60. The number of benzene rings is 2. The number of carbonyl (C=O) groups excluding carboxylic acids is 1. The molecule has 1 aromatic heterocycles. The molecule has 5 heteroatoms. The van der Waals surface area contributed by atoms with Crippen molar-refractivity contribution in [2.45, 2.75) is 51.9 Å². The SMILES string of the molecule is CC(C)c1ccc(-c2noc(CCC(=O)N3CCC(Cc4ccccc4)CC3)n2)cc1. The normalized spacial score (nSPS) is 14.9. The Morgan fingerprint density at radius 3 is 2.45 bits per heavy atom. The van der Waals surface area contributed by atoms with E-state index in [2.05, 4.69) is 66.5 Å². The van der Waals surface area contributed by atoms with Crippen LogP contribution in [-0.2, 0) is 17.6 Å². The summed E-state index contributed by atoms with van der Waals surface area (Å²) in [6, 6.07) is 18.9. The second kappa shape index (κ2) is 9.90. The lowest BCUT2D eigenvalue weighted by molar-refractivity contribution is -0.132. The predicted molar refractivity (Wildman–Crippen MR) is 122 cm³/mol. The van der Waals surface area contributed by atoms with Crippen molar-refractivity contribution in [2.24, 2.45) is 5.92 Å². The van der Waals surface area contributed by atoms with Crippen molar-refractivity contribution < 1.29 is 9.32 Å². The first-order valence-electron chi connectivity index (χ1n) is 11.3. The van der Waals surface area contributed by atoms with E-state index >= 15 is 0 Å². The second-order valence-corrected chi connectivity index (χ2v) is 8.80. The molecule has 0 aliphatic carbocycles. The van der Waals surface area contributed by atoms with Crippen molar-refractivity contribution in [2.75, 3.05) is 13.1 Å². The van der Waals surface area contributed by atoms with Crippen LogP contribution in [0, 0.1) is 5.92 Å². The first-order chi connectivity index (χ1) is 15.1. The van der Waals surface area contributed by atoms with Gasteiger partial charge < -0.3 is 9.42 Å². The van der Waals surface area contributed by atoms with E-state index in [1.807, 2.05) is 17.0 Å². The molecule has 2 aromatic carbocycles. The molecule has 4 rings (SSSR count). The first kappa shape index (κ1) is 21.3. The van der Waals surface area contributed by atoms with Crippen molar-refractivity contribution in [3.63, 3.8) is 0 Å². The van der Waals surface area contributed by atoms with E-state index < -0.39 is 0 Å². The number of likely N-dealkylation sites (tertiary alicyclic amines) is 1. The number of rotatable bonds is 7. The number of hydrogen-bond acceptors (Lipinski definition) is 4. The molecule has 5 nitrogen and oxygen atoms in total. The Bertz CT molecular complexity index is 971. The summed E-state index contributed by atoms with van der Waals surface area (Å²) in [4.78, 5) is 19.1. The summed E-state index contributed by atoms with van der Waals surface area (Å²) in [6.07, 6.45) is 4.14. The van der Waals surface area contributed by atoms with Gasteiger partial charge in [-0.1, -0.05) is 73.6 Å². The molecule has 1 amide bonds. The minimum absolute atomic E-state index is 0.180. The maximum atomic E-state index is 12.7. The van der Waals surface area contributed by atoms with Gasteiger partial charge in [-0.05, 0) is 42.2 Å². The fourth-order valence-electron chi connectivity index (χ4n) is 4.20. The molecule has 162 valence electrons. The summed E-state index contributed by atoms with van der Waals surface area (Å²) in [5.41, 5.74) is 3.61. The Labute approximate surface area is 184 Å². The Kier molecular flexibility index (Phi) is 6.80. The summed E-state index contributed by atoms with van der Waals surface area (Å²) in [7, 11) is 0. The number of carbonyl (C=O) groups is 1. The van der Waals surface area contributed by atoms with Gasteiger partial charge >= 0.3 is 0 Å². The van der Waals surface area contributed by atoms with Crippen LogP contribution in [0.15, 0.2) is 59.1 Å². The lowest BCUT2D eigenvalue weighted by Gasteiger charge is -2.32. The van der Waals surface area contributed by atoms with Gasteiger partial charge in [0.15, 0.2) is 0 Å². The molecule has 1 saturated heterocycles. The molecule has 0 bridgehead atoms. The molecule has 2 heterocycles. The van der Waals surface area contributed by atoms with E-state index in [4.69, 9.17) is 4.52 Å². The van der Waals surface area contributed by atoms with Gasteiger partial charge in [0.2, 0.25) is 17.6 Å².